The molecule has 0 heterocycles. The van der Waals surface area contributed by atoms with Gasteiger partial charge >= 0.3 is 0 Å². The molecule has 0 saturated carbocycles. The van der Waals surface area contributed by atoms with Gasteiger partial charge in [-0.2, -0.15) is 0 Å². The van der Waals surface area contributed by atoms with Crippen LogP contribution in [-0.4, -0.2) is 50.9 Å². The number of hydrogen-bond acceptors (Lipinski definition) is 5. The summed E-state index contributed by atoms with van der Waals surface area (Å²) >= 11 is 0. The summed E-state index contributed by atoms with van der Waals surface area (Å²) in [6.45, 7) is 12.0. The number of benzene rings is 3. The number of aryl methyl sites for hydroxylation is 2. The number of nitrogens with one attached hydrogen (secondary N) is 1. The maximum Gasteiger partial charge on any atom is 0.264 e. The quantitative estimate of drug-likeness (QED) is 0.305. The summed E-state index contributed by atoms with van der Waals surface area (Å²) in [5.41, 5.74) is 3.13. The van der Waals surface area contributed by atoms with E-state index in [0.717, 1.165) is 21.0 Å². The van der Waals surface area contributed by atoms with Crippen LogP contribution in [0.3, 0.4) is 0 Å². The lowest BCUT2D eigenvalue weighted by molar-refractivity contribution is -0.139. The highest BCUT2D eigenvalue weighted by molar-refractivity contribution is 7.92. The normalized spacial score (nSPS) is 12.1. The summed E-state index contributed by atoms with van der Waals surface area (Å²) in [7, 11) is -4.13. The Morgan fingerprint density at radius 3 is 1.95 bits per heavy atom. The van der Waals surface area contributed by atoms with Crippen molar-refractivity contribution in [1.82, 2.24) is 10.2 Å². The molecule has 2 amide bonds. The largest absolute Gasteiger partial charge is 0.494 e. The van der Waals surface area contributed by atoms with Crippen LogP contribution in [0.1, 0.15) is 44.4 Å². The second kappa shape index (κ2) is 14.2. The fourth-order valence-corrected chi connectivity index (χ4v) is 5.58. The number of carbonyl (C=O) groups is 2. The molecule has 0 aromatic heterocycles. The van der Waals surface area contributed by atoms with Gasteiger partial charge in [0.15, 0.2) is 0 Å². The molecule has 1 N–H and O–H groups in total. The fraction of sp³-hybridized carbons (Fsp3) is 0.375. The number of nitrogens with zero attached hydrogens (tertiary/aromatic N) is 2. The Morgan fingerprint density at radius 2 is 1.41 bits per heavy atom. The minimum Gasteiger partial charge on any atom is -0.494 e. The van der Waals surface area contributed by atoms with Crippen LogP contribution in [0, 0.1) is 19.8 Å². The van der Waals surface area contributed by atoms with Crippen molar-refractivity contribution in [1.29, 1.82) is 0 Å². The van der Waals surface area contributed by atoms with Gasteiger partial charge in [-0.05, 0) is 75.6 Å². The number of rotatable bonds is 13. The van der Waals surface area contributed by atoms with Crippen molar-refractivity contribution >= 4 is 27.5 Å². The van der Waals surface area contributed by atoms with Crippen LogP contribution in [0.5, 0.6) is 5.75 Å². The summed E-state index contributed by atoms with van der Waals surface area (Å²) in [6.07, 6.45) is 0. The van der Waals surface area contributed by atoms with E-state index in [1.54, 1.807) is 43.3 Å². The first-order valence-electron chi connectivity index (χ1n) is 13.9. The molecule has 0 aliphatic rings. The van der Waals surface area contributed by atoms with Crippen LogP contribution < -0.4 is 14.4 Å². The van der Waals surface area contributed by atoms with Crippen molar-refractivity contribution in [2.75, 3.05) is 24.0 Å². The first-order chi connectivity index (χ1) is 19.4. The van der Waals surface area contributed by atoms with Crippen LogP contribution in [-0.2, 0) is 26.2 Å². The lowest BCUT2D eigenvalue weighted by Crippen LogP contribution is -2.51. The molecule has 0 aliphatic carbocycles. The molecule has 3 aromatic rings. The number of carbonyl (C=O) groups excluding carboxylic acids is 2. The zero-order valence-electron chi connectivity index (χ0n) is 24.8. The van der Waals surface area contributed by atoms with E-state index < -0.39 is 28.5 Å². The average Bonchev–Trinajstić information content (AvgIpc) is 2.94. The van der Waals surface area contributed by atoms with Crippen LogP contribution in [0.2, 0.25) is 0 Å². The monoisotopic (exact) mass is 579 g/mol. The van der Waals surface area contributed by atoms with E-state index in [4.69, 9.17) is 4.74 Å². The van der Waals surface area contributed by atoms with E-state index in [0.29, 0.717) is 24.6 Å². The number of sulfonamides is 1. The molecule has 0 fully saturated rings. The van der Waals surface area contributed by atoms with Crippen LogP contribution >= 0.6 is 0 Å². The van der Waals surface area contributed by atoms with Gasteiger partial charge in [0.25, 0.3) is 10.0 Å². The molecule has 0 bridgehead atoms. The van der Waals surface area contributed by atoms with Gasteiger partial charge in [-0.15, -0.1) is 0 Å². The summed E-state index contributed by atoms with van der Waals surface area (Å²) in [5, 5.41) is 2.90. The Balaban J connectivity index is 2.01. The Kier molecular flexibility index (Phi) is 10.9. The molecule has 8 nitrogen and oxygen atoms in total. The van der Waals surface area contributed by atoms with E-state index in [-0.39, 0.29) is 23.3 Å². The second-order valence-electron chi connectivity index (χ2n) is 10.6. The zero-order valence-corrected chi connectivity index (χ0v) is 25.6. The summed E-state index contributed by atoms with van der Waals surface area (Å²) < 4.78 is 34.5. The molecule has 0 unspecified atom stereocenters. The van der Waals surface area contributed by atoms with Crippen LogP contribution in [0.4, 0.5) is 5.69 Å². The zero-order chi connectivity index (χ0) is 30.2. The van der Waals surface area contributed by atoms with E-state index >= 15 is 0 Å². The molecule has 0 aliphatic heterocycles. The number of anilines is 1. The summed E-state index contributed by atoms with van der Waals surface area (Å²) in [6, 6.07) is 19.9. The predicted octanol–water partition coefficient (Wildman–Crippen LogP) is 5.09. The SMILES string of the molecule is CCOc1ccc(N(CC(=O)N(Cc2ccc(C)cc2)[C@H](C)C(=O)NCC(C)C)S(=O)(=O)c2ccc(C)cc2)cc1. The molecule has 9 heteroatoms. The van der Waals surface area contributed by atoms with Gasteiger partial charge in [0.1, 0.15) is 18.3 Å². The van der Waals surface area contributed by atoms with Gasteiger partial charge in [0.05, 0.1) is 17.2 Å². The van der Waals surface area contributed by atoms with E-state index in [2.05, 4.69) is 5.32 Å². The minimum absolute atomic E-state index is 0.0672. The molecular formula is C32H41N3O5S. The van der Waals surface area contributed by atoms with E-state index in [1.807, 2.05) is 58.9 Å². The molecule has 0 saturated heterocycles. The maximum absolute atomic E-state index is 14.0. The van der Waals surface area contributed by atoms with Crippen molar-refractivity contribution in [3.63, 3.8) is 0 Å². The molecule has 0 radical (unpaired) electrons. The van der Waals surface area contributed by atoms with Crippen LogP contribution in [0.15, 0.2) is 77.7 Å². The third-order valence-corrected chi connectivity index (χ3v) is 8.44. The topological polar surface area (TPSA) is 96.0 Å². The molecule has 0 spiro atoms. The summed E-state index contributed by atoms with van der Waals surface area (Å²) in [5.74, 6) is 0.0319. The minimum atomic E-state index is -4.13. The maximum atomic E-state index is 14.0. The number of amides is 2. The highest BCUT2D eigenvalue weighted by Gasteiger charge is 2.32. The van der Waals surface area contributed by atoms with Crippen molar-refractivity contribution in [3.05, 3.63) is 89.5 Å². The highest BCUT2D eigenvalue weighted by Crippen LogP contribution is 2.27. The molecule has 220 valence electrons. The van der Waals surface area contributed by atoms with Crippen molar-refractivity contribution in [3.8, 4) is 5.75 Å². The number of ether oxygens (including phenoxy) is 1. The van der Waals surface area contributed by atoms with E-state index in [1.165, 1.54) is 17.0 Å². The molecule has 3 rings (SSSR count). The summed E-state index contributed by atoms with van der Waals surface area (Å²) in [4.78, 5) is 28.6. The highest BCUT2D eigenvalue weighted by atomic mass is 32.2. The van der Waals surface area contributed by atoms with Crippen molar-refractivity contribution < 1.29 is 22.7 Å². The van der Waals surface area contributed by atoms with E-state index in [9.17, 15) is 18.0 Å². The Hall–Kier alpha value is -3.85. The molecular weight excluding hydrogens is 538 g/mol. The van der Waals surface area contributed by atoms with Gasteiger partial charge in [-0.3, -0.25) is 13.9 Å². The first kappa shape index (κ1) is 31.7. The standard InChI is InChI=1S/C32H41N3O5S/c1-7-40-29-16-14-28(15-17-29)35(41(38,39)30-18-10-25(5)11-19-30)22-31(36)34(21-27-12-8-24(4)9-13-27)26(6)32(37)33-20-23(2)3/h8-19,23,26H,7,20-22H2,1-6H3,(H,33,37)/t26-/m1/s1. The third-order valence-electron chi connectivity index (χ3n) is 6.65. The van der Waals surface area contributed by atoms with Gasteiger partial charge in [-0.25, -0.2) is 8.42 Å². The smallest absolute Gasteiger partial charge is 0.264 e. The third kappa shape index (κ3) is 8.57. The lowest BCUT2D eigenvalue weighted by atomic mass is 10.1. The van der Waals surface area contributed by atoms with Crippen molar-refractivity contribution in [2.45, 2.75) is 59.0 Å². The number of hydrogen-bond donors (Lipinski definition) is 1. The average molecular weight is 580 g/mol. The Bertz CT molecular complexity index is 1400. The predicted molar refractivity (Wildman–Crippen MR) is 162 cm³/mol. The van der Waals surface area contributed by atoms with Crippen molar-refractivity contribution in [2.24, 2.45) is 5.92 Å². The Labute approximate surface area is 244 Å². The van der Waals surface area contributed by atoms with Crippen LogP contribution in [0.25, 0.3) is 0 Å². The van der Waals surface area contributed by atoms with Gasteiger partial charge in [0.2, 0.25) is 11.8 Å². The second-order valence-corrected chi connectivity index (χ2v) is 12.4. The lowest BCUT2D eigenvalue weighted by Gasteiger charge is -2.32. The van der Waals surface area contributed by atoms with Gasteiger partial charge < -0.3 is 15.0 Å². The van der Waals surface area contributed by atoms with Gasteiger partial charge in [0, 0.05) is 13.1 Å². The fourth-order valence-electron chi connectivity index (χ4n) is 4.17. The molecule has 41 heavy (non-hydrogen) atoms. The Morgan fingerprint density at radius 1 is 0.854 bits per heavy atom. The first-order valence-corrected chi connectivity index (χ1v) is 15.3. The molecule has 3 aromatic carbocycles. The van der Waals surface area contributed by atoms with Gasteiger partial charge in [-0.1, -0.05) is 61.4 Å². The molecule has 1 atom stereocenters.